The highest BCUT2D eigenvalue weighted by Crippen LogP contribution is 2.39. The second kappa shape index (κ2) is 5.13. The van der Waals surface area contributed by atoms with E-state index in [4.69, 9.17) is 5.73 Å². The van der Waals surface area contributed by atoms with Crippen molar-refractivity contribution >= 4 is 33.2 Å². The zero-order valence-electron chi connectivity index (χ0n) is 11.6. The van der Waals surface area contributed by atoms with Gasteiger partial charge < -0.3 is 15.5 Å². The molecule has 104 valence electrons. The topological polar surface area (TPSA) is 49.6 Å². The maximum Gasteiger partial charge on any atom is 0.246 e. The lowest BCUT2D eigenvalue weighted by Gasteiger charge is -2.45. The van der Waals surface area contributed by atoms with Crippen molar-refractivity contribution < 1.29 is 4.79 Å². The van der Waals surface area contributed by atoms with Crippen molar-refractivity contribution in [3.8, 4) is 0 Å². The molecule has 2 rings (SSSR count). The zero-order chi connectivity index (χ0) is 14.2. The van der Waals surface area contributed by atoms with Crippen molar-refractivity contribution in [2.45, 2.75) is 25.8 Å². The summed E-state index contributed by atoms with van der Waals surface area (Å²) in [5.41, 5.74) is 7.59. The highest BCUT2D eigenvalue weighted by atomic mass is 79.9. The number of likely N-dealkylation sites (N-methyl/N-ethyl adjacent to an activating group) is 1. The van der Waals surface area contributed by atoms with Crippen LogP contribution in [-0.4, -0.2) is 31.6 Å². The number of fused-ring (bicyclic) bond motifs is 1. The molecule has 19 heavy (non-hydrogen) atoms. The van der Waals surface area contributed by atoms with Crippen LogP contribution >= 0.6 is 15.9 Å². The fourth-order valence-corrected chi connectivity index (χ4v) is 2.83. The third kappa shape index (κ3) is 2.62. The summed E-state index contributed by atoms with van der Waals surface area (Å²) < 4.78 is 0.976. The summed E-state index contributed by atoms with van der Waals surface area (Å²) in [6, 6.07) is 6.05. The Kier molecular flexibility index (Phi) is 3.87. The lowest BCUT2D eigenvalue weighted by atomic mass is 9.95. The van der Waals surface area contributed by atoms with Gasteiger partial charge in [0.1, 0.15) is 0 Å². The minimum Gasteiger partial charge on any atom is -0.355 e. The van der Waals surface area contributed by atoms with E-state index in [9.17, 15) is 4.79 Å². The minimum absolute atomic E-state index is 0.107. The standard InChI is InChI=1S/C14H20BrN3O/c1-14(2,6-7-16)18-9-13(19)17(3)12-8-10(15)4-5-11(12)18/h4-5,8H,6-7,9,16H2,1-3H3. The molecule has 1 aliphatic heterocycles. The van der Waals surface area contributed by atoms with Crippen molar-refractivity contribution in [2.75, 3.05) is 29.9 Å². The molecule has 1 aliphatic rings. The summed E-state index contributed by atoms with van der Waals surface area (Å²) in [7, 11) is 1.82. The average molecular weight is 326 g/mol. The van der Waals surface area contributed by atoms with Gasteiger partial charge in [0.25, 0.3) is 0 Å². The van der Waals surface area contributed by atoms with Gasteiger partial charge in [0, 0.05) is 17.1 Å². The lowest BCUT2D eigenvalue weighted by Crippen LogP contribution is -2.53. The van der Waals surface area contributed by atoms with Gasteiger partial charge in [-0.25, -0.2) is 0 Å². The molecular formula is C14H20BrN3O. The second-order valence-electron chi connectivity index (χ2n) is 5.52. The molecule has 0 aliphatic carbocycles. The van der Waals surface area contributed by atoms with Crippen LogP contribution in [0.1, 0.15) is 20.3 Å². The molecule has 1 aromatic carbocycles. The van der Waals surface area contributed by atoms with Crippen LogP contribution in [0.15, 0.2) is 22.7 Å². The lowest BCUT2D eigenvalue weighted by molar-refractivity contribution is -0.117. The Morgan fingerprint density at radius 1 is 1.37 bits per heavy atom. The molecule has 1 heterocycles. The van der Waals surface area contributed by atoms with Crippen LogP contribution in [0.3, 0.4) is 0 Å². The van der Waals surface area contributed by atoms with Crippen molar-refractivity contribution in [3.05, 3.63) is 22.7 Å². The van der Waals surface area contributed by atoms with Gasteiger partial charge in [0.15, 0.2) is 0 Å². The van der Waals surface area contributed by atoms with Crippen LogP contribution in [0.5, 0.6) is 0 Å². The van der Waals surface area contributed by atoms with Crippen molar-refractivity contribution in [1.29, 1.82) is 0 Å². The van der Waals surface area contributed by atoms with E-state index in [0.717, 1.165) is 22.3 Å². The largest absolute Gasteiger partial charge is 0.355 e. The van der Waals surface area contributed by atoms with Crippen LogP contribution in [0.2, 0.25) is 0 Å². The number of hydrogen-bond acceptors (Lipinski definition) is 3. The number of nitrogens with two attached hydrogens (primary N) is 1. The quantitative estimate of drug-likeness (QED) is 0.928. The van der Waals surface area contributed by atoms with Gasteiger partial charge >= 0.3 is 0 Å². The number of benzene rings is 1. The van der Waals surface area contributed by atoms with Gasteiger partial charge in [-0.15, -0.1) is 0 Å². The number of anilines is 2. The molecule has 0 radical (unpaired) electrons. The van der Waals surface area contributed by atoms with Gasteiger partial charge in [0.2, 0.25) is 5.91 Å². The highest BCUT2D eigenvalue weighted by molar-refractivity contribution is 9.10. The van der Waals surface area contributed by atoms with E-state index in [2.05, 4.69) is 40.7 Å². The minimum atomic E-state index is -0.131. The molecule has 1 amide bonds. The summed E-state index contributed by atoms with van der Waals surface area (Å²) in [5.74, 6) is 0.107. The van der Waals surface area contributed by atoms with Crippen LogP contribution in [0, 0.1) is 0 Å². The van der Waals surface area contributed by atoms with E-state index < -0.39 is 0 Å². The monoisotopic (exact) mass is 325 g/mol. The smallest absolute Gasteiger partial charge is 0.246 e. The number of amides is 1. The van der Waals surface area contributed by atoms with Crippen LogP contribution in [0.25, 0.3) is 0 Å². The average Bonchev–Trinajstić information content (AvgIpc) is 2.33. The Morgan fingerprint density at radius 2 is 2.05 bits per heavy atom. The molecular weight excluding hydrogens is 306 g/mol. The van der Waals surface area contributed by atoms with E-state index in [1.165, 1.54) is 0 Å². The molecule has 5 heteroatoms. The summed E-state index contributed by atoms with van der Waals surface area (Å²) in [6.07, 6.45) is 0.847. The predicted octanol–water partition coefficient (Wildman–Crippen LogP) is 2.36. The zero-order valence-corrected chi connectivity index (χ0v) is 13.2. The molecule has 0 aromatic heterocycles. The molecule has 2 N–H and O–H groups in total. The Morgan fingerprint density at radius 3 is 2.68 bits per heavy atom. The third-order valence-corrected chi connectivity index (χ3v) is 4.24. The first-order valence-electron chi connectivity index (χ1n) is 6.40. The molecule has 0 saturated heterocycles. The Labute approximate surface area is 122 Å². The number of nitrogens with zero attached hydrogens (tertiary/aromatic N) is 2. The van der Waals surface area contributed by atoms with Crippen LogP contribution < -0.4 is 15.5 Å². The molecule has 0 fully saturated rings. The fourth-order valence-electron chi connectivity index (χ4n) is 2.48. The SMILES string of the molecule is CN1C(=O)CN(C(C)(C)CCN)c2ccc(Br)cc21. The summed E-state index contributed by atoms with van der Waals surface area (Å²) in [4.78, 5) is 16.0. The Balaban J connectivity index is 2.49. The Hall–Kier alpha value is -1.07. The van der Waals surface area contributed by atoms with Gasteiger partial charge in [0.05, 0.1) is 17.9 Å². The van der Waals surface area contributed by atoms with Crippen molar-refractivity contribution in [1.82, 2.24) is 0 Å². The first-order valence-corrected chi connectivity index (χ1v) is 7.20. The Bertz CT molecular complexity index is 501. The van der Waals surface area contributed by atoms with E-state index in [1.54, 1.807) is 4.90 Å². The molecule has 0 atom stereocenters. The van der Waals surface area contributed by atoms with Gasteiger partial charge in [-0.1, -0.05) is 15.9 Å². The van der Waals surface area contributed by atoms with E-state index in [-0.39, 0.29) is 11.4 Å². The number of rotatable bonds is 3. The van der Waals surface area contributed by atoms with E-state index in [0.29, 0.717) is 13.1 Å². The van der Waals surface area contributed by atoms with E-state index >= 15 is 0 Å². The summed E-state index contributed by atoms with van der Waals surface area (Å²) in [5, 5.41) is 0. The van der Waals surface area contributed by atoms with Crippen molar-refractivity contribution in [3.63, 3.8) is 0 Å². The number of hydrogen-bond donors (Lipinski definition) is 1. The molecule has 0 unspecified atom stereocenters. The molecule has 0 bridgehead atoms. The van der Waals surface area contributed by atoms with Crippen LogP contribution in [0.4, 0.5) is 11.4 Å². The number of halogens is 1. The number of carbonyl (C=O) groups excluding carboxylic acids is 1. The molecule has 1 aromatic rings. The van der Waals surface area contributed by atoms with Crippen molar-refractivity contribution in [2.24, 2.45) is 5.73 Å². The second-order valence-corrected chi connectivity index (χ2v) is 6.44. The normalized spacial score (nSPS) is 15.7. The summed E-state index contributed by atoms with van der Waals surface area (Å²) >= 11 is 3.46. The van der Waals surface area contributed by atoms with E-state index in [1.807, 2.05) is 19.2 Å². The summed E-state index contributed by atoms with van der Waals surface area (Å²) in [6.45, 7) is 5.27. The maximum atomic E-state index is 12.2. The van der Waals surface area contributed by atoms with Gasteiger partial charge in [-0.3, -0.25) is 4.79 Å². The highest BCUT2D eigenvalue weighted by Gasteiger charge is 2.35. The fraction of sp³-hybridized carbons (Fsp3) is 0.500. The maximum absolute atomic E-state index is 12.2. The molecule has 4 nitrogen and oxygen atoms in total. The predicted molar refractivity (Wildman–Crippen MR) is 82.6 cm³/mol. The molecule has 0 saturated carbocycles. The first-order chi connectivity index (χ1) is 8.86. The number of carbonyl (C=O) groups is 1. The molecule has 0 spiro atoms. The van der Waals surface area contributed by atoms with Gasteiger partial charge in [-0.05, 0) is 45.0 Å². The first kappa shape index (κ1) is 14.3. The van der Waals surface area contributed by atoms with Crippen LogP contribution in [-0.2, 0) is 4.79 Å². The van der Waals surface area contributed by atoms with Gasteiger partial charge in [-0.2, -0.15) is 0 Å². The third-order valence-electron chi connectivity index (χ3n) is 3.74.